The van der Waals surface area contributed by atoms with Crippen LogP contribution in [0.15, 0.2) is 34.9 Å². The Bertz CT molecular complexity index is 632. The van der Waals surface area contributed by atoms with Crippen LogP contribution >= 0.6 is 0 Å². The number of esters is 1. The first-order chi connectivity index (χ1) is 11.8. The van der Waals surface area contributed by atoms with Gasteiger partial charge in [0.2, 0.25) is 0 Å². The lowest BCUT2D eigenvalue weighted by Crippen LogP contribution is -2.20. The van der Waals surface area contributed by atoms with E-state index in [2.05, 4.69) is 31.4 Å². The molecular formula is C20H28O5. The molecule has 4 atom stereocenters. The third kappa shape index (κ3) is 3.89. The molecule has 0 aromatic rings. The number of carbonyl (C=O) groups excluding carboxylic acids is 1. The zero-order valence-electron chi connectivity index (χ0n) is 15.3. The lowest BCUT2D eigenvalue weighted by Gasteiger charge is -2.19. The molecule has 3 aliphatic rings. The highest BCUT2D eigenvalue weighted by Gasteiger charge is 2.51. The zero-order valence-corrected chi connectivity index (χ0v) is 15.3. The Morgan fingerprint density at radius 2 is 2.04 bits per heavy atom. The van der Waals surface area contributed by atoms with Gasteiger partial charge >= 0.3 is 5.97 Å². The molecule has 3 rings (SSSR count). The van der Waals surface area contributed by atoms with Crippen molar-refractivity contribution in [1.29, 1.82) is 0 Å². The molecule has 0 radical (unpaired) electrons. The summed E-state index contributed by atoms with van der Waals surface area (Å²) < 4.78 is 11.4. The second-order valence-corrected chi connectivity index (χ2v) is 7.74. The molecule has 4 unspecified atom stereocenters. The van der Waals surface area contributed by atoms with Gasteiger partial charge in [-0.15, -0.1) is 0 Å². The Morgan fingerprint density at radius 1 is 1.28 bits per heavy atom. The third-order valence-electron chi connectivity index (χ3n) is 5.84. The monoisotopic (exact) mass is 348 g/mol. The van der Waals surface area contributed by atoms with E-state index in [1.807, 2.05) is 6.92 Å². The van der Waals surface area contributed by atoms with Gasteiger partial charge in [0, 0.05) is 5.57 Å². The van der Waals surface area contributed by atoms with Crippen LogP contribution in [0.3, 0.4) is 0 Å². The molecule has 1 aliphatic carbocycles. The van der Waals surface area contributed by atoms with Crippen LogP contribution < -0.4 is 0 Å². The summed E-state index contributed by atoms with van der Waals surface area (Å²) in [5, 5.41) is 9.26. The number of carbonyl (C=O) groups is 1. The van der Waals surface area contributed by atoms with Crippen LogP contribution in [-0.2, 0) is 19.2 Å². The van der Waals surface area contributed by atoms with Crippen LogP contribution in [0, 0.1) is 0 Å². The summed E-state index contributed by atoms with van der Waals surface area (Å²) in [6, 6.07) is 0. The number of ether oxygens (including phenoxy) is 2. The zero-order chi connectivity index (χ0) is 18.2. The molecule has 0 saturated carbocycles. The molecule has 0 spiro atoms. The van der Waals surface area contributed by atoms with Crippen LogP contribution in [0.2, 0.25) is 0 Å². The first-order valence-electron chi connectivity index (χ1n) is 9.07. The number of rotatable bonds is 1. The van der Waals surface area contributed by atoms with E-state index >= 15 is 0 Å². The van der Waals surface area contributed by atoms with Crippen molar-refractivity contribution in [3.05, 3.63) is 34.9 Å². The molecule has 138 valence electrons. The third-order valence-corrected chi connectivity index (χ3v) is 5.84. The molecule has 1 saturated heterocycles. The van der Waals surface area contributed by atoms with Crippen molar-refractivity contribution >= 4 is 5.97 Å². The van der Waals surface area contributed by atoms with Gasteiger partial charge in [-0.25, -0.2) is 9.68 Å². The van der Waals surface area contributed by atoms with E-state index in [9.17, 15) is 10.1 Å². The number of epoxide rings is 1. The molecule has 2 aliphatic heterocycles. The second kappa shape index (κ2) is 7.06. The van der Waals surface area contributed by atoms with Crippen molar-refractivity contribution < 1.29 is 24.4 Å². The van der Waals surface area contributed by atoms with Crippen molar-refractivity contribution in [1.82, 2.24) is 0 Å². The summed E-state index contributed by atoms with van der Waals surface area (Å²) >= 11 is 0. The van der Waals surface area contributed by atoms with Gasteiger partial charge in [-0.05, 0) is 76.5 Å². The largest absolute Gasteiger partial charge is 0.450 e. The SMILES string of the molecule is C=C1CCC2=C(C)C(=O)OC2C=C(C)CCC2OC2(C)CCC1OO. The first-order valence-corrected chi connectivity index (χ1v) is 9.07. The Labute approximate surface area is 149 Å². The van der Waals surface area contributed by atoms with Crippen LogP contribution in [0.25, 0.3) is 0 Å². The fourth-order valence-corrected chi connectivity index (χ4v) is 3.86. The maximum atomic E-state index is 12.0. The minimum Gasteiger partial charge on any atom is -0.450 e. The molecule has 1 N–H and O–H groups in total. The minimum atomic E-state index is -0.403. The summed E-state index contributed by atoms with van der Waals surface area (Å²) in [7, 11) is 0. The molecule has 0 aromatic heterocycles. The van der Waals surface area contributed by atoms with E-state index in [-0.39, 0.29) is 23.8 Å². The summed E-state index contributed by atoms with van der Waals surface area (Å²) in [6.45, 7) is 10.1. The topological polar surface area (TPSA) is 68.3 Å². The summed E-state index contributed by atoms with van der Waals surface area (Å²) in [4.78, 5) is 16.6. The van der Waals surface area contributed by atoms with E-state index in [0.29, 0.717) is 24.8 Å². The Balaban J connectivity index is 1.82. The molecule has 0 amide bonds. The lowest BCUT2D eigenvalue weighted by atomic mass is 9.90. The van der Waals surface area contributed by atoms with Crippen molar-refractivity contribution in [2.24, 2.45) is 0 Å². The summed E-state index contributed by atoms with van der Waals surface area (Å²) in [6.07, 6.45) is 6.30. The van der Waals surface area contributed by atoms with Gasteiger partial charge in [0.25, 0.3) is 0 Å². The predicted molar refractivity (Wildman–Crippen MR) is 94.0 cm³/mol. The van der Waals surface area contributed by atoms with E-state index in [0.717, 1.165) is 30.4 Å². The van der Waals surface area contributed by atoms with Crippen LogP contribution in [0.5, 0.6) is 0 Å². The van der Waals surface area contributed by atoms with Gasteiger partial charge in [-0.3, -0.25) is 5.26 Å². The van der Waals surface area contributed by atoms with Crippen molar-refractivity contribution in [3.63, 3.8) is 0 Å². The average Bonchev–Trinajstić information content (AvgIpc) is 3.14. The highest BCUT2D eigenvalue weighted by molar-refractivity contribution is 5.92. The van der Waals surface area contributed by atoms with Gasteiger partial charge in [0.1, 0.15) is 12.2 Å². The molecule has 5 nitrogen and oxygen atoms in total. The van der Waals surface area contributed by atoms with Crippen LogP contribution in [0.4, 0.5) is 0 Å². The number of allylic oxidation sites excluding steroid dienone is 1. The lowest BCUT2D eigenvalue weighted by molar-refractivity contribution is -0.270. The van der Waals surface area contributed by atoms with Gasteiger partial charge in [-0.1, -0.05) is 12.2 Å². The van der Waals surface area contributed by atoms with Crippen molar-refractivity contribution in [3.8, 4) is 0 Å². The Hall–Kier alpha value is -1.43. The molecule has 5 heteroatoms. The fraction of sp³-hybridized carbons (Fsp3) is 0.650. The van der Waals surface area contributed by atoms with Gasteiger partial charge in [0.15, 0.2) is 0 Å². The van der Waals surface area contributed by atoms with E-state index in [4.69, 9.17) is 9.47 Å². The normalized spacial score (nSPS) is 37.0. The number of fused-ring (bicyclic) bond motifs is 2. The van der Waals surface area contributed by atoms with Gasteiger partial charge < -0.3 is 9.47 Å². The number of hydrogen-bond donors (Lipinski definition) is 1. The second-order valence-electron chi connectivity index (χ2n) is 7.74. The fourth-order valence-electron chi connectivity index (χ4n) is 3.86. The minimum absolute atomic E-state index is 0.136. The molecule has 2 heterocycles. The maximum Gasteiger partial charge on any atom is 0.334 e. The molecular weight excluding hydrogens is 320 g/mol. The smallest absolute Gasteiger partial charge is 0.334 e. The Morgan fingerprint density at radius 3 is 2.76 bits per heavy atom. The number of hydrogen-bond acceptors (Lipinski definition) is 5. The maximum absolute atomic E-state index is 12.0. The van der Waals surface area contributed by atoms with Crippen LogP contribution in [-0.4, -0.2) is 35.1 Å². The highest BCUT2D eigenvalue weighted by Crippen LogP contribution is 2.44. The molecule has 25 heavy (non-hydrogen) atoms. The first kappa shape index (κ1) is 18.4. The Kier molecular flexibility index (Phi) is 5.19. The predicted octanol–water partition coefficient (Wildman–Crippen LogP) is 4.10. The van der Waals surface area contributed by atoms with Crippen molar-refractivity contribution in [2.45, 2.75) is 83.2 Å². The molecule has 0 aromatic carbocycles. The molecule has 1 fully saturated rings. The van der Waals surface area contributed by atoms with Crippen molar-refractivity contribution in [2.75, 3.05) is 0 Å². The standard InChI is InChI=1S/C20H28O5/c1-12-5-8-18-20(4,24-18)10-9-16(25-22)13(2)6-7-15-14(3)19(21)23-17(15)11-12/h11,16-18,22H,2,5-10H2,1,3-4H3. The van der Waals surface area contributed by atoms with E-state index in [1.165, 1.54) is 5.57 Å². The van der Waals surface area contributed by atoms with Crippen LogP contribution in [0.1, 0.15) is 59.3 Å². The average molecular weight is 348 g/mol. The quantitative estimate of drug-likeness (QED) is 0.254. The highest BCUT2D eigenvalue weighted by atomic mass is 17.1. The molecule has 0 bridgehead atoms. The van der Waals surface area contributed by atoms with Gasteiger partial charge in [-0.2, -0.15) is 0 Å². The summed E-state index contributed by atoms with van der Waals surface area (Å²) in [5.41, 5.74) is 3.61. The van der Waals surface area contributed by atoms with E-state index in [1.54, 1.807) is 0 Å². The van der Waals surface area contributed by atoms with E-state index < -0.39 is 6.10 Å². The van der Waals surface area contributed by atoms with Gasteiger partial charge in [0.05, 0.1) is 11.7 Å². The summed E-state index contributed by atoms with van der Waals surface area (Å²) in [5.74, 6) is -0.243.